The zero-order valence-electron chi connectivity index (χ0n) is 47.0. The van der Waals surface area contributed by atoms with Gasteiger partial charge >= 0.3 is 25.0 Å². The second kappa shape index (κ2) is 26.0. The van der Waals surface area contributed by atoms with Gasteiger partial charge in [0.05, 0.1) is 35.1 Å². The number of imidazole rings is 1. The number of likely N-dealkylation sites (tertiary alicyclic amines) is 1. The molecule has 0 spiro atoms. The molecule has 5 aliphatic rings. The first-order valence-corrected chi connectivity index (χ1v) is 31.0. The van der Waals surface area contributed by atoms with Gasteiger partial charge in [0.1, 0.15) is 30.2 Å². The fourth-order valence-electron chi connectivity index (χ4n) is 12.5. The highest BCUT2D eigenvalue weighted by atomic mass is 32.1. The Labute approximate surface area is 491 Å². The molecule has 4 saturated heterocycles. The molecule has 0 radical (unpaired) electrons. The number of primary amides is 1. The molecular weight excluding hydrogens is 1150 g/mol. The van der Waals surface area contributed by atoms with Gasteiger partial charge in [-0.1, -0.05) is 43.2 Å². The molecule has 4 aromatic rings. The SMILES string of the molecule is COC(=O)N1CC[C@H]2CC[C@@H](C(=O)N[C@@H](CCC(N)=O)C(=O)N[C@H](C(=O)N3CCC(CCC#Cc4cccc5c4n(C)c(=O)n5C4CCC(=O)NC4=O)CC3)C3CCCCC3)N2C(=O)[C@@H](NC(=O)c2cc3cc(C(F)(F)P(=O)(O)O)ccc3s2)C1. The molecule has 1 unspecified atom stereocenters. The number of aromatic nitrogens is 2. The van der Waals surface area contributed by atoms with Crippen LogP contribution in [0.2, 0.25) is 0 Å². The molecular formula is C57H69F2N10O14PS. The van der Waals surface area contributed by atoms with Crippen molar-refractivity contribution in [1.29, 1.82) is 0 Å². The van der Waals surface area contributed by atoms with Gasteiger partial charge < -0.3 is 50.9 Å². The van der Waals surface area contributed by atoms with E-state index in [4.69, 9.17) is 10.5 Å². The predicted molar refractivity (Wildman–Crippen MR) is 304 cm³/mol. The molecule has 28 heteroatoms. The summed E-state index contributed by atoms with van der Waals surface area (Å²) >= 11 is 0.849. The number of carbonyl (C=O) groups excluding carboxylic acids is 9. The second-order valence-electron chi connectivity index (χ2n) is 22.6. The van der Waals surface area contributed by atoms with Gasteiger partial charge in [-0.05, 0) is 112 Å². The lowest BCUT2D eigenvalue weighted by Gasteiger charge is -2.39. The molecule has 9 rings (SSSR count). The Kier molecular flexibility index (Phi) is 19.0. The summed E-state index contributed by atoms with van der Waals surface area (Å²) in [6, 6.07) is 2.94. The molecule has 2 aromatic carbocycles. The summed E-state index contributed by atoms with van der Waals surface area (Å²) in [7, 11) is -3.14. The van der Waals surface area contributed by atoms with E-state index < -0.39 is 103 Å². The van der Waals surface area contributed by atoms with Crippen molar-refractivity contribution < 1.29 is 71.0 Å². The van der Waals surface area contributed by atoms with Crippen molar-refractivity contribution in [1.82, 2.24) is 45.1 Å². The fourth-order valence-corrected chi connectivity index (χ4v) is 14.0. The molecule has 85 heavy (non-hydrogen) atoms. The van der Waals surface area contributed by atoms with Crippen LogP contribution in [0.5, 0.6) is 0 Å². The van der Waals surface area contributed by atoms with E-state index in [1.165, 1.54) is 31.1 Å². The molecule has 6 heterocycles. The number of para-hydroxylation sites is 1. The summed E-state index contributed by atoms with van der Waals surface area (Å²) in [5, 5.41) is 10.7. The summed E-state index contributed by atoms with van der Waals surface area (Å²) in [4.78, 5) is 158. The molecule has 0 bridgehead atoms. The number of nitrogens with two attached hydrogens (primary N) is 1. The number of fused-ring (bicyclic) bond motifs is 3. The molecule has 2 aromatic heterocycles. The number of nitrogens with zero attached hydrogens (tertiary/aromatic N) is 5. The number of aryl methyl sites for hydroxylation is 1. The van der Waals surface area contributed by atoms with Crippen LogP contribution in [0, 0.1) is 23.7 Å². The first-order chi connectivity index (χ1) is 40.4. The zero-order valence-corrected chi connectivity index (χ0v) is 48.7. The van der Waals surface area contributed by atoms with Crippen LogP contribution in [0.25, 0.3) is 21.1 Å². The largest absolute Gasteiger partial charge is 0.453 e. The highest BCUT2D eigenvalue weighted by Gasteiger charge is 2.51. The van der Waals surface area contributed by atoms with Gasteiger partial charge in [-0.3, -0.25) is 57.4 Å². The van der Waals surface area contributed by atoms with Crippen LogP contribution >= 0.6 is 18.9 Å². The topological polar surface area (TPSA) is 331 Å². The van der Waals surface area contributed by atoms with Crippen molar-refractivity contribution in [2.24, 2.45) is 24.6 Å². The number of piperidine rings is 2. The smallest absolute Gasteiger partial charge is 0.409 e. The Hall–Kier alpha value is -7.53. The van der Waals surface area contributed by atoms with Gasteiger partial charge in [-0.2, -0.15) is 8.78 Å². The Balaban J connectivity index is 0.856. The maximum Gasteiger partial charge on any atom is 0.409 e. The highest BCUT2D eigenvalue weighted by Crippen LogP contribution is 2.59. The number of rotatable bonds is 16. The van der Waals surface area contributed by atoms with Gasteiger partial charge in [0, 0.05) is 62.2 Å². The lowest BCUT2D eigenvalue weighted by molar-refractivity contribution is -0.144. The van der Waals surface area contributed by atoms with Crippen LogP contribution in [0.3, 0.4) is 0 Å². The molecule has 1 aliphatic carbocycles. The molecule has 456 valence electrons. The summed E-state index contributed by atoms with van der Waals surface area (Å²) in [6.45, 7) is 0.492. The minimum Gasteiger partial charge on any atom is -0.453 e. The van der Waals surface area contributed by atoms with Crippen molar-refractivity contribution >= 4 is 93.4 Å². The van der Waals surface area contributed by atoms with E-state index in [-0.39, 0.29) is 91.1 Å². The fraction of sp³-hybridized carbons (Fsp3) is 0.544. The zero-order chi connectivity index (χ0) is 61.1. The summed E-state index contributed by atoms with van der Waals surface area (Å²) in [6.07, 6.45) is 6.18. The number of halogens is 2. The van der Waals surface area contributed by atoms with Gasteiger partial charge in [-0.25, -0.2) is 9.59 Å². The van der Waals surface area contributed by atoms with E-state index in [0.29, 0.717) is 66.5 Å². The van der Waals surface area contributed by atoms with E-state index in [0.717, 1.165) is 56.3 Å². The first-order valence-electron chi connectivity index (χ1n) is 28.6. The third kappa shape index (κ3) is 13.5. The standard InChI is InChI=1S/C57H69F2N10O14PS/c1-65-48-34(13-8-14-40(48)69(55(65)78)42-19-22-46(71)63-51(42)74)12-7-6-9-32-23-26-66(27-24-32)54(77)47(33-10-4-3-5-11-33)64-49(72)38(17-21-45(60)70)61-50(73)41-18-16-37-25-28-67(56(79)83-2)31-39(53(76)68(37)41)62-52(75)44-30-35-29-36(15-20-43(35)85-44)57(58,59)84(80,81)82/h8,13-15,20,29-30,32-33,37-39,41-42,47H,3-6,9-11,16-19,21-28,31H2,1-2H3,(H2,60,70)(H,61,73)(H,62,75)(H,64,72)(H,63,71,74)(H2,80,81,82)/t37-,38+,39+,41+,42?,47+/m1/s1. The molecule has 5 fully saturated rings. The number of carbonyl (C=O) groups is 9. The van der Waals surface area contributed by atoms with Gasteiger partial charge in [0.15, 0.2) is 0 Å². The van der Waals surface area contributed by atoms with Gasteiger partial charge in [0.2, 0.25) is 41.4 Å². The number of hydrogen-bond donors (Lipinski definition) is 7. The van der Waals surface area contributed by atoms with E-state index in [2.05, 4.69) is 33.1 Å². The van der Waals surface area contributed by atoms with Crippen molar-refractivity contribution in [2.75, 3.05) is 33.3 Å². The molecule has 9 amide bonds. The van der Waals surface area contributed by atoms with E-state index >= 15 is 0 Å². The highest BCUT2D eigenvalue weighted by molar-refractivity contribution is 7.52. The number of methoxy groups -OCH3 is 1. The Morgan fingerprint density at radius 1 is 0.918 bits per heavy atom. The average molecular weight is 1220 g/mol. The molecule has 6 atom stereocenters. The van der Waals surface area contributed by atoms with Crippen LogP contribution in [0.4, 0.5) is 13.6 Å². The maximum atomic E-state index is 14.8. The Bertz CT molecular complexity index is 3480. The summed E-state index contributed by atoms with van der Waals surface area (Å²) < 4.78 is 49.0. The number of ether oxygens (including phenoxy) is 1. The van der Waals surface area contributed by atoms with Crippen LogP contribution < -0.4 is 32.7 Å². The maximum absolute atomic E-state index is 14.8. The minimum absolute atomic E-state index is 0.0459. The van der Waals surface area contributed by atoms with Gasteiger partial charge in [-0.15, -0.1) is 11.3 Å². The number of alkyl halides is 2. The normalized spacial score (nSPS) is 21.7. The van der Waals surface area contributed by atoms with E-state index in [9.17, 15) is 71.1 Å². The molecule has 8 N–H and O–H groups in total. The summed E-state index contributed by atoms with van der Waals surface area (Å²) in [5.41, 5.74) is 1.43. The molecule has 4 aliphatic heterocycles. The van der Waals surface area contributed by atoms with Crippen molar-refractivity contribution in [3.63, 3.8) is 0 Å². The van der Waals surface area contributed by atoms with Crippen molar-refractivity contribution in [2.45, 2.75) is 145 Å². The number of amides is 9. The third-order valence-corrected chi connectivity index (χ3v) is 19.2. The first kappa shape index (κ1) is 62.0. The third-order valence-electron chi connectivity index (χ3n) is 17.1. The lowest BCUT2D eigenvalue weighted by atomic mass is 9.82. The summed E-state index contributed by atoms with van der Waals surface area (Å²) in [5.74, 6) is 1.49. The number of hydrogen-bond acceptors (Lipinski definition) is 13. The monoisotopic (exact) mass is 1220 g/mol. The second-order valence-corrected chi connectivity index (χ2v) is 25.3. The molecule has 24 nitrogen and oxygen atoms in total. The van der Waals surface area contributed by atoms with Gasteiger partial charge in [0.25, 0.3) is 5.91 Å². The Morgan fingerprint density at radius 3 is 2.34 bits per heavy atom. The van der Waals surface area contributed by atoms with Crippen LogP contribution in [-0.2, 0) is 55.6 Å². The lowest BCUT2D eigenvalue weighted by Crippen LogP contribution is -2.62. The number of thiophene rings is 1. The molecule has 1 saturated carbocycles. The van der Waals surface area contributed by atoms with Crippen molar-refractivity contribution in [3.8, 4) is 11.8 Å². The quantitative estimate of drug-likeness (QED) is 0.0479. The average Bonchev–Trinajstić information content (AvgIpc) is 3.14. The minimum atomic E-state index is -5.91. The van der Waals surface area contributed by atoms with Crippen LogP contribution in [0.1, 0.15) is 130 Å². The predicted octanol–water partition coefficient (Wildman–Crippen LogP) is 3.58. The van der Waals surface area contributed by atoms with E-state index in [1.54, 1.807) is 24.1 Å². The number of imide groups is 1. The Morgan fingerprint density at radius 2 is 1.65 bits per heavy atom. The van der Waals surface area contributed by atoms with Crippen molar-refractivity contribution in [3.05, 3.63) is 69.0 Å². The number of benzene rings is 2. The number of nitrogens with one attached hydrogen (secondary N) is 4. The van der Waals surface area contributed by atoms with Crippen LogP contribution in [0.15, 0.2) is 47.3 Å². The van der Waals surface area contributed by atoms with Crippen LogP contribution in [-0.4, -0.2) is 150 Å². The van der Waals surface area contributed by atoms with E-state index in [1.807, 2.05) is 6.07 Å².